The fourth-order valence-corrected chi connectivity index (χ4v) is 1.71. The molecule has 0 aromatic heterocycles. The van der Waals surface area contributed by atoms with Crippen LogP contribution in [0.1, 0.15) is 15.9 Å². The summed E-state index contributed by atoms with van der Waals surface area (Å²) in [6.07, 6.45) is 0. The quantitative estimate of drug-likeness (QED) is 0.520. The van der Waals surface area contributed by atoms with Gasteiger partial charge in [-0.2, -0.15) is 0 Å². The summed E-state index contributed by atoms with van der Waals surface area (Å²) in [5.74, 6) is -0.411. The van der Waals surface area contributed by atoms with E-state index in [-0.39, 0.29) is 30.2 Å². The van der Waals surface area contributed by atoms with Gasteiger partial charge >= 0.3 is 13.1 Å². The van der Waals surface area contributed by atoms with Gasteiger partial charge in [0.05, 0.1) is 6.61 Å². The standard InChI is InChI=1S/C10H11BO6/c1-15-4-6-2-3-7(11(13)14)9-8(6)10(12)17-5-16-9/h2-3,13-14H,4-5H2,1H3. The molecule has 1 aromatic rings. The zero-order valence-corrected chi connectivity index (χ0v) is 9.17. The summed E-state index contributed by atoms with van der Waals surface area (Å²) >= 11 is 0. The second-order valence-corrected chi connectivity index (χ2v) is 3.52. The van der Waals surface area contributed by atoms with E-state index in [1.807, 2.05) is 0 Å². The van der Waals surface area contributed by atoms with Crippen molar-refractivity contribution < 1.29 is 29.1 Å². The monoisotopic (exact) mass is 238 g/mol. The van der Waals surface area contributed by atoms with E-state index in [4.69, 9.17) is 14.2 Å². The Morgan fingerprint density at radius 3 is 2.82 bits per heavy atom. The van der Waals surface area contributed by atoms with Crippen LogP contribution in [0.5, 0.6) is 5.75 Å². The summed E-state index contributed by atoms with van der Waals surface area (Å²) in [7, 11) is -0.206. The molecule has 2 N–H and O–H groups in total. The lowest BCUT2D eigenvalue weighted by Crippen LogP contribution is -2.35. The van der Waals surface area contributed by atoms with E-state index in [0.717, 1.165) is 0 Å². The average Bonchev–Trinajstić information content (AvgIpc) is 2.29. The van der Waals surface area contributed by atoms with Gasteiger partial charge in [0.25, 0.3) is 0 Å². The SMILES string of the molecule is COCc1ccc(B(O)O)c2c1C(=O)OCO2. The van der Waals surface area contributed by atoms with Gasteiger partial charge in [-0.15, -0.1) is 0 Å². The molecule has 90 valence electrons. The van der Waals surface area contributed by atoms with Gasteiger partial charge in [-0.05, 0) is 5.56 Å². The summed E-state index contributed by atoms with van der Waals surface area (Å²) in [6, 6.07) is 3.06. The Kier molecular flexibility index (Phi) is 3.32. The first kappa shape index (κ1) is 11.9. The minimum absolute atomic E-state index is 0.136. The first-order chi connectivity index (χ1) is 8.15. The van der Waals surface area contributed by atoms with Crippen molar-refractivity contribution in [3.8, 4) is 5.75 Å². The third-order valence-corrected chi connectivity index (χ3v) is 2.45. The lowest BCUT2D eigenvalue weighted by molar-refractivity contribution is 0.00464. The second kappa shape index (κ2) is 4.74. The number of rotatable bonds is 3. The molecule has 1 aliphatic heterocycles. The smallest absolute Gasteiger partial charge is 0.457 e. The van der Waals surface area contributed by atoms with Crippen molar-refractivity contribution in [3.63, 3.8) is 0 Å². The molecule has 0 atom stereocenters. The summed E-state index contributed by atoms with van der Waals surface area (Å²) in [4.78, 5) is 11.6. The molecular weight excluding hydrogens is 227 g/mol. The molecule has 7 heteroatoms. The highest BCUT2D eigenvalue weighted by molar-refractivity contribution is 6.60. The zero-order valence-electron chi connectivity index (χ0n) is 9.17. The normalized spacial score (nSPS) is 13.7. The maximum Gasteiger partial charge on any atom is 0.492 e. The third-order valence-electron chi connectivity index (χ3n) is 2.45. The number of carbonyl (C=O) groups is 1. The molecule has 6 nitrogen and oxygen atoms in total. The summed E-state index contributed by atoms with van der Waals surface area (Å²) in [5, 5.41) is 18.4. The molecule has 1 aliphatic rings. The van der Waals surface area contributed by atoms with Crippen LogP contribution in [-0.2, 0) is 16.1 Å². The van der Waals surface area contributed by atoms with Gasteiger partial charge < -0.3 is 24.3 Å². The predicted molar refractivity (Wildman–Crippen MR) is 57.9 cm³/mol. The van der Waals surface area contributed by atoms with Crippen LogP contribution >= 0.6 is 0 Å². The van der Waals surface area contributed by atoms with Crippen LogP contribution < -0.4 is 10.2 Å². The number of hydrogen-bond acceptors (Lipinski definition) is 6. The van der Waals surface area contributed by atoms with Gasteiger partial charge in [-0.1, -0.05) is 12.1 Å². The molecule has 1 heterocycles. The molecule has 1 aromatic carbocycles. The first-order valence-corrected chi connectivity index (χ1v) is 4.96. The minimum atomic E-state index is -1.70. The number of methoxy groups -OCH3 is 1. The van der Waals surface area contributed by atoms with Crippen molar-refractivity contribution in [3.05, 3.63) is 23.3 Å². The maximum absolute atomic E-state index is 11.6. The number of esters is 1. The fourth-order valence-electron chi connectivity index (χ4n) is 1.71. The van der Waals surface area contributed by atoms with E-state index in [9.17, 15) is 14.8 Å². The van der Waals surface area contributed by atoms with Crippen LogP contribution in [-0.4, -0.2) is 37.0 Å². The highest BCUT2D eigenvalue weighted by Crippen LogP contribution is 2.26. The molecule has 0 unspecified atom stereocenters. The molecule has 0 aliphatic carbocycles. The van der Waals surface area contributed by atoms with Crippen molar-refractivity contribution >= 4 is 18.6 Å². The lowest BCUT2D eigenvalue weighted by atomic mass is 9.77. The Morgan fingerprint density at radius 1 is 1.41 bits per heavy atom. The Labute approximate surface area is 97.9 Å². The van der Waals surface area contributed by atoms with E-state index < -0.39 is 13.1 Å². The van der Waals surface area contributed by atoms with E-state index in [1.165, 1.54) is 13.2 Å². The number of hydrogen-bond donors (Lipinski definition) is 2. The van der Waals surface area contributed by atoms with E-state index in [2.05, 4.69) is 0 Å². The molecule has 0 saturated carbocycles. The molecular formula is C10H11BO6. The molecule has 0 amide bonds. The zero-order chi connectivity index (χ0) is 12.4. The van der Waals surface area contributed by atoms with E-state index >= 15 is 0 Å². The van der Waals surface area contributed by atoms with Crippen molar-refractivity contribution in [1.82, 2.24) is 0 Å². The predicted octanol–water partition coefficient (Wildman–Crippen LogP) is -0.981. The number of cyclic esters (lactones) is 1. The van der Waals surface area contributed by atoms with Crippen LogP contribution in [0, 0.1) is 0 Å². The van der Waals surface area contributed by atoms with Gasteiger partial charge in [0, 0.05) is 12.6 Å². The second-order valence-electron chi connectivity index (χ2n) is 3.52. The number of benzene rings is 1. The third kappa shape index (κ3) is 2.12. The topological polar surface area (TPSA) is 85.2 Å². The molecule has 0 bridgehead atoms. The molecule has 0 fully saturated rings. The van der Waals surface area contributed by atoms with Gasteiger partial charge in [0.15, 0.2) is 0 Å². The lowest BCUT2D eigenvalue weighted by Gasteiger charge is -2.22. The van der Waals surface area contributed by atoms with Crippen molar-refractivity contribution in [2.75, 3.05) is 13.9 Å². The van der Waals surface area contributed by atoms with Crippen LogP contribution in [0.3, 0.4) is 0 Å². The summed E-state index contributed by atoms with van der Waals surface area (Å²) < 4.78 is 14.9. The van der Waals surface area contributed by atoms with Gasteiger partial charge in [-0.3, -0.25) is 0 Å². The largest absolute Gasteiger partial charge is 0.492 e. The summed E-state index contributed by atoms with van der Waals surface area (Å²) in [5.41, 5.74) is 0.900. The Bertz CT molecular complexity index is 445. The van der Waals surface area contributed by atoms with Crippen molar-refractivity contribution in [2.24, 2.45) is 0 Å². The highest BCUT2D eigenvalue weighted by atomic mass is 16.7. The number of ether oxygens (including phenoxy) is 3. The Morgan fingerprint density at radius 2 is 2.18 bits per heavy atom. The van der Waals surface area contributed by atoms with Crippen molar-refractivity contribution in [2.45, 2.75) is 6.61 Å². The molecule has 0 radical (unpaired) electrons. The number of carbonyl (C=O) groups excluding carboxylic acids is 1. The highest BCUT2D eigenvalue weighted by Gasteiger charge is 2.30. The molecule has 17 heavy (non-hydrogen) atoms. The van der Waals surface area contributed by atoms with Gasteiger partial charge in [0.2, 0.25) is 6.79 Å². The fraction of sp³-hybridized carbons (Fsp3) is 0.300. The summed E-state index contributed by atoms with van der Waals surface area (Å²) in [6.45, 7) is -0.0232. The Hall–Kier alpha value is -1.57. The van der Waals surface area contributed by atoms with Gasteiger partial charge in [-0.25, -0.2) is 4.79 Å². The van der Waals surface area contributed by atoms with E-state index in [0.29, 0.717) is 5.56 Å². The average molecular weight is 238 g/mol. The first-order valence-electron chi connectivity index (χ1n) is 4.96. The Balaban J connectivity index is 2.57. The number of fused-ring (bicyclic) bond motifs is 1. The molecule has 0 spiro atoms. The van der Waals surface area contributed by atoms with Crippen LogP contribution in [0.25, 0.3) is 0 Å². The van der Waals surface area contributed by atoms with Crippen LogP contribution in [0.4, 0.5) is 0 Å². The van der Waals surface area contributed by atoms with E-state index in [1.54, 1.807) is 6.07 Å². The van der Waals surface area contributed by atoms with Crippen LogP contribution in [0.15, 0.2) is 12.1 Å². The minimum Gasteiger partial charge on any atom is -0.457 e. The maximum atomic E-state index is 11.6. The van der Waals surface area contributed by atoms with Crippen molar-refractivity contribution in [1.29, 1.82) is 0 Å². The van der Waals surface area contributed by atoms with Crippen LogP contribution in [0.2, 0.25) is 0 Å². The molecule has 0 saturated heterocycles. The van der Waals surface area contributed by atoms with Gasteiger partial charge in [0.1, 0.15) is 11.3 Å². The molecule has 2 rings (SSSR count).